The van der Waals surface area contributed by atoms with Crippen LogP contribution >= 0.6 is 11.6 Å². The zero-order valence-electron chi connectivity index (χ0n) is 16.7. The average Bonchev–Trinajstić information content (AvgIpc) is 3.17. The molecule has 0 spiro atoms. The monoisotopic (exact) mass is 417 g/mol. The molecule has 1 N–H and O–H groups in total. The van der Waals surface area contributed by atoms with E-state index in [-0.39, 0.29) is 31.2 Å². The van der Waals surface area contributed by atoms with Gasteiger partial charge in [0.05, 0.1) is 13.2 Å². The van der Waals surface area contributed by atoms with Crippen LogP contribution < -0.4 is 5.32 Å². The Bertz CT molecular complexity index is 882. The van der Waals surface area contributed by atoms with Crippen molar-refractivity contribution in [3.63, 3.8) is 0 Å². The lowest BCUT2D eigenvalue weighted by molar-refractivity contribution is -0.140. The van der Waals surface area contributed by atoms with Gasteiger partial charge in [-0.05, 0) is 25.0 Å². The van der Waals surface area contributed by atoms with Crippen LogP contribution in [0, 0.1) is 17.2 Å². The summed E-state index contributed by atoms with van der Waals surface area (Å²) in [5.74, 6) is -0.208. The molecule has 0 fully saturated rings. The summed E-state index contributed by atoms with van der Waals surface area (Å²) >= 11 is 5.90. The first-order valence-corrected chi connectivity index (χ1v) is 9.68. The van der Waals surface area contributed by atoms with Crippen molar-refractivity contribution < 1.29 is 18.8 Å². The van der Waals surface area contributed by atoms with E-state index in [1.165, 1.54) is 0 Å². The second-order valence-electron chi connectivity index (χ2n) is 6.43. The van der Waals surface area contributed by atoms with Gasteiger partial charge in [0.25, 0.3) is 0 Å². The SMILES string of the molecule is CCOCCOC(=O)/C(C#N)=C(\NCc1cc(-c2ccc(Cl)cc2)no1)C(C)C. The molecule has 2 rings (SSSR count). The van der Waals surface area contributed by atoms with Gasteiger partial charge in [0.15, 0.2) is 11.3 Å². The molecule has 7 nitrogen and oxygen atoms in total. The molecule has 154 valence electrons. The summed E-state index contributed by atoms with van der Waals surface area (Å²) in [6.45, 7) is 6.80. The zero-order chi connectivity index (χ0) is 21.2. The Morgan fingerprint density at radius 2 is 2.03 bits per heavy atom. The van der Waals surface area contributed by atoms with Crippen molar-refractivity contribution in [2.45, 2.75) is 27.3 Å². The first-order valence-electron chi connectivity index (χ1n) is 9.30. The fourth-order valence-corrected chi connectivity index (χ4v) is 2.67. The van der Waals surface area contributed by atoms with Crippen molar-refractivity contribution in [3.05, 3.63) is 52.4 Å². The minimum absolute atomic E-state index is 0.0612. The Hall–Kier alpha value is -2.82. The van der Waals surface area contributed by atoms with E-state index in [1.54, 1.807) is 18.2 Å². The van der Waals surface area contributed by atoms with Gasteiger partial charge in [-0.2, -0.15) is 5.26 Å². The summed E-state index contributed by atoms with van der Waals surface area (Å²) in [5.41, 5.74) is 1.97. The van der Waals surface area contributed by atoms with Gasteiger partial charge in [0.1, 0.15) is 18.4 Å². The third-order valence-electron chi connectivity index (χ3n) is 3.98. The van der Waals surface area contributed by atoms with Gasteiger partial charge in [-0.1, -0.05) is 42.7 Å². The van der Waals surface area contributed by atoms with E-state index in [2.05, 4.69) is 10.5 Å². The van der Waals surface area contributed by atoms with Gasteiger partial charge in [0.2, 0.25) is 0 Å². The van der Waals surface area contributed by atoms with Crippen LogP contribution in [-0.2, 0) is 20.8 Å². The van der Waals surface area contributed by atoms with Crippen LogP contribution in [0.3, 0.4) is 0 Å². The van der Waals surface area contributed by atoms with Gasteiger partial charge < -0.3 is 19.3 Å². The first kappa shape index (κ1) is 22.5. The van der Waals surface area contributed by atoms with Crippen LogP contribution in [0.25, 0.3) is 11.3 Å². The van der Waals surface area contributed by atoms with E-state index in [1.807, 2.05) is 39.0 Å². The predicted molar refractivity (Wildman–Crippen MR) is 109 cm³/mol. The van der Waals surface area contributed by atoms with Crippen molar-refractivity contribution in [1.29, 1.82) is 5.26 Å². The first-order chi connectivity index (χ1) is 14.0. The molecule has 0 atom stereocenters. The number of ether oxygens (including phenoxy) is 2. The smallest absolute Gasteiger partial charge is 0.350 e. The van der Waals surface area contributed by atoms with Crippen molar-refractivity contribution in [2.75, 3.05) is 19.8 Å². The van der Waals surface area contributed by atoms with Crippen LogP contribution in [0.4, 0.5) is 0 Å². The maximum atomic E-state index is 12.3. The van der Waals surface area contributed by atoms with E-state index >= 15 is 0 Å². The Labute approximate surface area is 175 Å². The van der Waals surface area contributed by atoms with Crippen LogP contribution in [0.2, 0.25) is 5.02 Å². The number of allylic oxidation sites excluding steroid dienone is 1. The summed E-state index contributed by atoms with van der Waals surface area (Å²) in [6.07, 6.45) is 0. The number of rotatable bonds is 10. The van der Waals surface area contributed by atoms with E-state index < -0.39 is 5.97 Å². The number of benzene rings is 1. The molecule has 1 heterocycles. The summed E-state index contributed by atoms with van der Waals surface area (Å²) in [7, 11) is 0. The second-order valence-corrected chi connectivity index (χ2v) is 6.86. The highest BCUT2D eigenvalue weighted by Crippen LogP contribution is 2.22. The average molecular weight is 418 g/mol. The number of nitriles is 1. The van der Waals surface area contributed by atoms with Gasteiger partial charge in [-0.3, -0.25) is 0 Å². The molecule has 0 aliphatic heterocycles. The Morgan fingerprint density at radius 1 is 1.31 bits per heavy atom. The molecular weight excluding hydrogens is 394 g/mol. The van der Waals surface area contributed by atoms with Crippen LogP contribution in [0.1, 0.15) is 26.5 Å². The highest BCUT2D eigenvalue weighted by molar-refractivity contribution is 6.30. The predicted octanol–water partition coefficient (Wildman–Crippen LogP) is 4.10. The zero-order valence-corrected chi connectivity index (χ0v) is 17.5. The molecule has 0 amide bonds. The number of halogens is 1. The van der Waals surface area contributed by atoms with Gasteiger partial charge in [-0.15, -0.1) is 0 Å². The molecule has 0 radical (unpaired) electrons. The molecule has 0 saturated heterocycles. The number of hydrogen-bond donors (Lipinski definition) is 1. The number of carbonyl (C=O) groups is 1. The summed E-state index contributed by atoms with van der Waals surface area (Å²) < 4.78 is 15.6. The molecular formula is C21H24ClN3O4. The van der Waals surface area contributed by atoms with Gasteiger partial charge in [-0.25, -0.2) is 4.79 Å². The minimum Gasteiger partial charge on any atom is -0.459 e. The lowest BCUT2D eigenvalue weighted by Gasteiger charge is -2.15. The van der Waals surface area contributed by atoms with E-state index in [0.29, 0.717) is 28.8 Å². The molecule has 8 heteroatoms. The molecule has 1 aromatic carbocycles. The second kappa shape index (κ2) is 11.2. The van der Waals surface area contributed by atoms with Gasteiger partial charge >= 0.3 is 5.97 Å². The number of esters is 1. The summed E-state index contributed by atoms with van der Waals surface area (Å²) in [6, 6.07) is 11.0. The maximum Gasteiger partial charge on any atom is 0.350 e. The Balaban J connectivity index is 2.08. The standard InChI is InChI=1S/C21H24ClN3O4/c1-4-27-9-10-28-21(26)18(12-23)20(14(2)3)24-13-17-11-19(25-29-17)15-5-7-16(22)8-6-15/h5-8,11,14,24H,4,9-10,13H2,1-3H3/b20-18-. The largest absolute Gasteiger partial charge is 0.459 e. The molecule has 0 saturated carbocycles. The molecule has 0 aliphatic rings. The van der Waals surface area contributed by atoms with E-state index in [9.17, 15) is 10.1 Å². The third kappa shape index (κ3) is 6.63. The lowest BCUT2D eigenvalue weighted by atomic mass is 10.0. The molecule has 1 aromatic heterocycles. The minimum atomic E-state index is -0.678. The Morgan fingerprint density at radius 3 is 2.66 bits per heavy atom. The molecule has 0 unspecified atom stereocenters. The van der Waals surface area contributed by atoms with Crippen LogP contribution in [0.5, 0.6) is 0 Å². The quantitative estimate of drug-likeness (QED) is 0.269. The van der Waals surface area contributed by atoms with Crippen molar-refractivity contribution in [3.8, 4) is 17.3 Å². The van der Waals surface area contributed by atoms with Gasteiger partial charge in [0, 0.05) is 29.0 Å². The van der Waals surface area contributed by atoms with Crippen molar-refractivity contribution >= 4 is 17.6 Å². The number of aromatic nitrogens is 1. The number of carbonyl (C=O) groups excluding carboxylic acids is 1. The fourth-order valence-electron chi connectivity index (χ4n) is 2.54. The molecule has 2 aromatic rings. The van der Waals surface area contributed by atoms with E-state index in [0.717, 1.165) is 5.56 Å². The van der Waals surface area contributed by atoms with Crippen LogP contribution in [0.15, 0.2) is 46.1 Å². The normalized spacial score (nSPS) is 11.7. The highest BCUT2D eigenvalue weighted by Gasteiger charge is 2.20. The highest BCUT2D eigenvalue weighted by atomic mass is 35.5. The summed E-state index contributed by atoms with van der Waals surface area (Å²) in [4.78, 5) is 12.3. The Kier molecular flexibility index (Phi) is 8.71. The van der Waals surface area contributed by atoms with Crippen molar-refractivity contribution in [2.24, 2.45) is 5.92 Å². The molecule has 0 bridgehead atoms. The van der Waals surface area contributed by atoms with Crippen molar-refractivity contribution in [1.82, 2.24) is 10.5 Å². The topological polar surface area (TPSA) is 97.4 Å². The maximum absolute atomic E-state index is 12.3. The number of nitrogens with one attached hydrogen (secondary N) is 1. The van der Waals surface area contributed by atoms with Crippen LogP contribution in [-0.4, -0.2) is 30.9 Å². The molecule has 0 aliphatic carbocycles. The number of hydrogen-bond acceptors (Lipinski definition) is 7. The number of nitrogens with zero attached hydrogens (tertiary/aromatic N) is 2. The third-order valence-corrected chi connectivity index (χ3v) is 4.23. The molecule has 29 heavy (non-hydrogen) atoms. The van der Waals surface area contributed by atoms with E-state index in [4.69, 9.17) is 25.6 Å². The lowest BCUT2D eigenvalue weighted by Crippen LogP contribution is -2.23. The summed E-state index contributed by atoms with van der Waals surface area (Å²) in [5, 5.41) is 17.3. The fraction of sp³-hybridized carbons (Fsp3) is 0.381.